The summed E-state index contributed by atoms with van der Waals surface area (Å²) in [6, 6.07) is 12.7. The Morgan fingerprint density at radius 3 is 2.75 bits per heavy atom. The lowest BCUT2D eigenvalue weighted by molar-refractivity contribution is 0.0698. The van der Waals surface area contributed by atoms with Crippen molar-refractivity contribution in [1.29, 1.82) is 0 Å². The molecule has 4 nitrogen and oxygen atoms in total. The van der Waals surface area contributed by atoms with E-state index < -0.39 is 5.97 Å². The second-order valence-corrected chi connectivity index (χ2v) is 4.71. The largest absolute Gasteiger partial charge is 0.493 e. The van der Waals surface area contributed by atoms with Crippen molar-refractivity contribution in [3.63, 3.8) is 0 Å². The third kappa shape index (κ3) is 2.32. The van der Waals surface area contributed by atoms with Crippen LogP contribution in [0.2, 0.25) is 0 Å². The molecule has 1 aliphatic rings. The summed E-state index contributed by atoms with van der Waals surface area (Å²) in [5.74, 6) is -0.0526. The van der Waals surface area contributed by atoms with Crippen molar-refractivity contribution < 1.29 is 14.6 Å². The highest BCUT2D eigenvalue weighted by molar-refractivity contribution is 5.95. The average Bonchev–Trinajstić information content (AvgIpc) is 2.48. The van der Waals surface area contributed by atoms with Crippen LogP contribution in [0.4, 0.5) is 11.4 Å². The number of benzene rings is 2. The van der Waals surface area contributed by atoms with Gasteiger partial charge in [-0.05, 0) is 37.1 Å². The minimum atomic E-state index is -0.936. The number of carboxylic acid groups (broad SMARTS) is 1. The van der Waals surface area contributed by atoms with Gasteiger partial charge in [-0.25, -0.2) is 4.79 Å². The van der Waals surface area contributed by atoms with Crippen molar-refractivity contribution in [2.75, 3.05) is 11.9 Å². The summed E-state index contributed by atoms with van der Waals surface area (Å²) in [6.45, 7) is 0.738. The van der Waals surface area contributed by atoms with E-state index in [1.165, 1.54) is 0 Å². The fourth-order valence-corrected chi connectivity index (χ4v) is 2.43. The molecule has 0 bridgehead atoms. The van der Waals surface area contributed by atoms with Crippen LogP contribution >= 0.6 is 0 Å². The number of para-hydroxylation sites is 1. The van der Waals surface area contributed by atoms with E-state index in [4.69, 9.17) is 4.74 Å². The lowest BCUT2D eigenvalue weighted by Crippen LogP contribution is -2.11. The molecule has 0 aliphatic carbocycles. The Morgan fingerprint density at radius 2 is 1.90 bits per heavy atom. The van der Waals surface area contributed by atoms with E-state index >= 15 is 0 Å². The summed E-state index contributed by atoms with van der Waals surface area (Å²) in [4.78, 5) is 11.2. The Hall–Kier alpha value is -2.49. The quantitative estimate of drug-likeness (QED) is 0.896. The van der Waals surface area contributed by atoms with Crippen molar-refractivity contribution in [1.82, 2.24) is 0 Å². The molecule has 102 valence electrons. The number of fused-ring (bicyclic) bond motifs is 1. The predicted molar refractivity (Wildman–Crippen MR) is 76.9 cm³/mol. The third-order valence-corrected chi connectivity index (χ3v) is 3.39. The predicted octanol–water partition coefficient (Wildman–Crippen LogP) is 3.45. The fourth-order valence-electron chi connectivity index (χ4n) is 2.43. The van der Waals surface area contributed by atoms with E-state index in [9.17, 15) is 9.90 Å². The SMILES string of the molecule is O=C(O)c1ccccc1Nc1cccc2c1CCCO2. The summed E-state index contributed by atoms with van der Waals surface area (Å²) in [7, 11) is 0. The van der Waals surface area contributed by atoms with Gasteiger partial charge in [-0.1, -0.05) is 18.2 Å². The normalized spacial score (nSPS) is 13.2. The van der Waals surface area contributed by atoms with Gasteiger partial charge in [0.1, 0.15) is 5.75 Å². The minimum absolute atomic E-state index is 0.266. The van der Waals surface area contributed by atoms with Gasteiger partial charge in [-0.15, -0.1) is 0 Å². The van der Waals surface area contributed by atoms with Crippen LogP contribution < -0.4 is 10.1 Å². The molecule has 2 aromatic carbocycles. The number of carbonyl (C=O) groups is 1. The fraction of sp³-hybridized carbons (Fsp3) is 0.188. The van der Waals surface area contributed by atoms with Crippen molar-refractivity contribution >= 4 is 17.3 Å². The number of carboxylic acids is 1. The summed E-state index contributed by atoms with van der Waals surface area (Å²) in [5, 5.41) is 12.4. The summed E-state index contributed by atoms with van der Waals surface area (Å²) >= 11 is 0. The number of rotatable bonds is 3. The van der Waals surface area contributed by atoms with Gasteiger partial charge in [-0.2, -0.15) is 0 Å². The van der Waals surface area contributed by atoms with Crippen molar-refractivity contribution in [3.8, 4) is 5.75 Å². The van der Waals surface area contributed by atoms with Gasteiger partial charge in [0.25, 0.3) is 0 Å². The average molecular weight is 269 g/mol. The molecule has 0 fully saturated rings. The highest BCUT2D eigenvalue weighted by Crippen LogP contribution is 2.33. The van der Waals surface area contributed by atoms with Crippen LogP contribution in [0.15, 0.2) is 42.5 Å². The van der Waals surface area contributed by atoms with Gasteiger partial charge in [0.05, 0.1) is 17.9 Å². The molecule has 3 rings (SSSR count). The van der Waals surface area contributed by atoms with Crippen LogP contribution in [-0.2, 0) is 6.42 Å². The van der Waals surface area contributed by atoms with Gasteiger partial charge >= 0.3 is 5.97 Å². The van der Waals surface area contributed by atoms with E-state index in [1.54, 1.807) is 18.2 Å². The molecule has 0 unspecified atom stereocenters. The molecular weight excluding hydrogens is 254 g/mol. The molecule has 0 aromatic heterocycles. The summed E-state index contributed by atoms with van der Waals surface area (Å²) < 4.78 is 5.62. The lowest BCUT2D eigenvalue weighted by atomic mass is 10.0. The topological polar surface area (TPSA) is 58.6 Å². The molecular formula is C16H15NO3. The molecule has 0 saturated heterocycles. The smallest absolute Gasteiger partial charge is 0.337 e. The highest BCUT2D eigenvalue weighted by Gasteiger charge is 2.16. The summed E-state index contributed by atoms with van der Waals surface area (Å²) in [6.07, 6.45) is 1.92. The first kappa shape index (κ1) is 12.5. The van der Waals surface area contributed by atoms with Gasteiger partial charge in [0.15, 0.2) is 0 Å². The molecule has 4 heteroatoms. The molecule has 1 aliphatic heterocycles. The second-order valence-electron chi connectivity index (χ2n) is 4.71. The van der Waals surface area contributed by atoms with Crippen molar-refractivity contribution in [3.05, 3.63) is 53.6 Å². The monoisotopic (exact) mass is 269 g/mol. The Labute approximate surface area is 117 Å². The van der Waals surface area contributed by atoms with Crippen LogP contribution in [0.1, 0.15) is 22.3 Å². The molecule has 1 heterocycles. The highest BCUT2D eigenvalue weighted by atomic mass is 16.5. The van der Waals surface area contributed by atoms with Crippen molar-refractivity contribution in [2.24, 2.45) is 0 Å². The molecule has 2 N–H and O–H groups in total. The Balaban J connectivity index is 1.98. The van der Waals surface area contributed by atoms with Crippen LogP contribution in [0.5, 0.6) is 5.75 Å². The first-order valence-corrected chi connectivity index (χ1v) is 6.60. The van der Waals surface area contributed by atoms with Crippen LogP contribution in [0, 0.1) is 0 Å². The summed E-state index contributed by atoms with van der Waals surface area (Å²) in [5.41, 5.74) is 2.88. The first-order valence-electron chi connectivity index (χ1n) is 6.60. The van der Waals surface area contributed by atoms with Gasteiger partial charge in [-0.3, -0.25) is 0 Å². The first-order chi connectivity index (χ1) is 9.75. The number of nitrogens with one attached hydrogen (secondary N) is 1. The Kier molecular flexibility index (Phi) is 3.29. The minimum Gasteiger partial charge on any atom is -0.493 e. The van der Waals surface area contributed by atoms with Crippen LogP contribution in [0.25, 0.3) is 0 Å². The van der Waals surface area contributed by atoms with E-state index in [-0.39, 0.29) is 5.56 Å². The second kappa shape index (κ2) is 5.25. The number of aromatic carboxylic acids is 1. The van der Waals surface area contributed by atoms with Gasteiger partial charge in [0, 0.05) is 11.3 Å². The zero-order valence-corrected chi connectivity index (χ0v) is 10.9. The maximum Gasteiger partial charge on any atom is 0.337 e. The number of anilines is 2. The molecule has 0 radical (unpaired) electrons. The number of ether oxygens (including phenoxy) is 1. The molecule has 0 saturated carbocycles. The van der Waals surface area contributed by atoms with E-state index in [1.807, 2.05) is 24.3 Å². The maximum atomic E-state index is 11.2. The number of hydrogen-bond acceptors (Lipinski definition) is 3. The Morgan fingerprint density at radius 1 is 1.10 bits per heavy atom. The molecule has 0 atom stereocenters. The van der Waals surface area contributed by atoms with Crippen LogP contribution in [0.3, 0.4) is 0 Å². The lowest BCUT2D eigenvalue weighted by Gasteiger charge is -2.21. The van der Waals surface area contributed by atoms with Gasteiger partial charge < -0.3 is 15.2 Å². The van der Waals surface area contributed by atoms with E-state index in [2.05, 4.69) is 5.32 Å². The number of hydrogen-bond donors (Lipinski definition) is 2. The molecule has 0 amide bonds. The standard InChI is InChI=1S/C16H15NO3/c18-16(19)12-5-1-2-7-14(12)17-13-8-3-9-15-11(13)6-4-10-20-15/h1-3,5,7-9,17H,4,6,10H2,(H,18,19). The van der Waals surface area contributed by atoms with Crippen LogP contribution in [-0.4, -0.2) is 17.7 Å². The zero-order chi connectivity index (χ0) is 13.9. The third-order valence-electron chi connectivity index (χ3n) is 3.39. The van der Waals surface area contributed by atoms with Gasteiger partial charge in [0.2, 0.25) is 0 Å². The molecule has 2 aromatic rings. The molecule has 20 heavy (non-hydrogen) atoms. The van der Waals surface area contributed by atoms with E-state index in [0.29, 0.717) is 5.69 Å². The molecule has 0 spiro atoms. The van der Waals surface area contributed by atoms with E-state index in [0.717, 1.165) is 36.4 Å². The zero-order valence-electron chi connectivity index (χ0n) is 10.9. The Bertz CT molecular complexity index is 652. The maximum absolute atomic E-state index is 11.2. The van der Waals surface area contributed by atoms with Crippen molar-refractivity contribution in [2.45, 2.75) is 12.8 Å².